The molecule has 3 saturated heterocycles. The lowest BCUT2D eigenvalue weighted by atomic mass is 9.70. The van der Waals surface area contributed by atoms with E-state index in [4.69, 9.17) is 16.3 Å². The van der Waals surface area contributed by atoms with E-state index in [1.165, 1.54) is 4.90 Å². The fourth-order valence-electron chi connectivity index (χ4n) is 6.95. The number of anilines is 2. The van der Waals surface area contributed by atoms with Gasteiger partial charge in [-0.25, -0.2) is 0 Å². The SMILES string of the molecule is C=CCN(C(=O)[C@H]1[C@H]2C(=O)N(CCCO)C(C(=O)N(CC=C)c3c(C)cccc3Cl)C23CC(Br)[C@@H]1O3)c1ccccc1. The van der Waals surface area contributed by atoms with Gasteiger partial charge in [0.25, 0.3) is 5.91 Å². The van der Waals surface area contributed by atoms with Crippen LogP contribution in [-0.2, 0) is 19.1 Å². The van der Waals surface area contributed by atoms with Crippen LogP contribution in [0.25, 0.3) is 0 Å². The number of benzene rings is 2. The van der Waals surface area contributed by atoms with Crippen molar-refractivity contribution in [1.82, 2.24) is 4.90 Å². The Balaban J connectivity index is 1.60. The van der Waals surface area contributed by atoms with Crippen molar-refractivity contribution in [3.8, 4) is 0 Å². The Morgan fingerprint density at radius 2 is 1.81 bits per heavy atom. The molecule has 0 aliphatic carbocycles. The third-order valence-corrected chi connectivity index (χ3v) is 9.70. The van der Waals surface area contributed by atoms with Crippen LogP contribution >= 0.6 is 27.5 Å². The number of fused-ring (bicyclic) bond motifs is 1. The second-order valence-electron chi connectivity index (χ2n) is 11.0. The standard InChI is InChI=1S/C32H35BrClN3O5/c1-4-15-35(21-12-7-6-8-13-21)29(39)24-25-30(40)37(17-10-18-38)28(32(25)19-22(33)27(24)42-32)31(41)36(16-5-2)26-20(3)11-9-14-23(26)34/h4-9,11-14,22,24-25,27-28,38H,1-2,10,15-19H2,3H3/t22?,24-,25-,27-,28?,32?/m0/s1. The molecule has 1 spiro atoms. The third-order valence-electron chi connectivity index (χ3n) is 8.55. The molecule has 0 aromatic heterocycles. The minimum atomic E-state index is -1.24. The number of hydrogen-bond acceptors (Lipinski definition) is 5. The van der Waals surface area contributed by atoms with Gasteiger partial charge in [0.15, 0.2) is 0 Å². The maximum Gasteiger partial charge on any atom is 0.253 e. The minimum absolute atomic E-state index is 0.143. The lowest BCUT2D eigenvalue weighted by molar-refractivity contribution is -0.140. The maximum absolute atomic E-state index is 14.7. The highest BCUT2D eigenvalue weighted by molar-refractivity contribution is 9.09. The van der Waals surface area contributed by atoms with Gasteiger partial charge in [0, 0.05) is 36.8 Å². The molecule has 0 radical (unpaired) electrons. The highest BCUT2D eigenvalue weighted by Gasteiger charge is 2.77. The molecule has 3 unspecified atom stereocenters. The molecule has 2 aromatic carbocycles. The molecule has 8 nitrogen and oxygen atoms in total. The van der Waals surface area contributed by atoms with E-state index in [1.54, 1.807) is 28.0 Å². The van der Waals surface area contributed by atoms with Crippen LogP contribution in [-0.4, -0.2) is 76.5 Å². The Hall–Kier alpha value is -2.98. The van der Waals surface area contributed by atoms with Gasteiger partial charge in [-0.2, -0.15) is 0 Å². The van der Waals surface area contributed by atoms with E-state index in [0.29, 0.717) is 22.8 Å². The number of hydrogen-bond donors (Lipinski definition) is 1. The number of aliphatic hydroxyl groups is 1. The first-order valence-corrected chi connectivity index (χ1v) is 15.4. The van der Waals surface area contributed by atoms with E-state index in [1.807, 2.05) is 49.4 Å². The zero-order valence-electron chi connectivity index (χ0n) is 23.5. The van der Waals surface area contributed by atoms with Crippen LogP contribution in [0.3, 0.4) is 0 Å². The van der Waals surface area contributed by atoms with Crippen molar-refractivity contribution in [2.75, 3.05) is 36.0 Å². The number of aryl methyl sites for hydroxylation is 1. The highest BCUT2D eigenvalue weighted by atomic mass is 79.9. The van der Waals surface area contributed by atoms with Crippen LogP contribution in [0.2, 0.25) is 5.02 Å². The van der Waals surface area contributed by atoms with Crippen molar-refractivity contribution >= 4 is 56.6 Å². The summed E-state index contributed by atoms with van der Waals surface area (Å²) in [4.78, 5) is 47.8. The summed E-state index contributed by atoms with van der Waals surface area (Å²) < 4.78 is 6.68. The molecular weight excluding hydrogens is 622 g/mol. The summed E-state index contributed by atoms with van der Waals surface area (Å²) in [5.74, 6) is -2.62. The summed E-state index contributed by atoms with van der Waals surface area (Å²) in [6, 6.07) is 13.6. The molecule has 42 heavy (non-hydrogen) atoms. The number of para-hydroxylation sites is 2. The second-order valence-corrected chi connectivity index (χ2v) is 12.6. The number of amides is 3. The van der Waals surface area contributed by atoms with E-state index in [-0.39, 0.29) is 55.2 Å². The molecule has 3 heterocycles. The van der Waals surface area contributed by atoms with Crippen molar-refractivity contribution in [3.05, 3.63) is 84.4 Å². The number of likely N-dealkylation sites (tertiary alicyclic amines) is 1. The fourth-order valence-corrected chi connectivity index (χ4v) is 8.21. The molecule has 5 rings (SSSR count). The first kappa shape index (κ1) is 30.5. The average Bonchev–Trinajstić information content (AvgIpc) is 3.57. The summed E-state index contributed by atoms with van der Waals surface area (Å²) >= 11 is 10.4. The molecule has 2 bridgehead atoms. The van der Waals surface area contributed by atoms with Crippen molar-refractivity contribution < 1.29 is 24.2 Å². The molecule has 1 N–H and O–H groups in total. The molecule has 3 fully saturated rings. The molecular formula is C32H35BrClN3O5. The second kappa shape index (κ2) is 12.3. The smallest absolute Gasteiger partial charge is 0.253 e. The van der Waals surface area contributed by atoms with Crippen LogP contribution in [0.1, 0.15) is 18.4 Å². The maximum atomic E-state index is 14.7. The average molecular weight is 657 g/mol. The minimum Gasteiger partial charge on any atom is -0.396 e. The number of carbonyl (C=O) groups is 3. The lowest BCUT2D eigenvalue weighted by Crippen LogP contribution is -2.57. The molecule has 3 amide bonds. The van der Waals surface area contributed by atoms with Gasteiger partial charge in [0.2, 0.25) is 11.8 Å². The van der Waals surface area contributed by atoms with Crippen LogP contribution < -0.4 is 9.80 Å². The molecule has 0 saturated carbocycles. The number of alkyl halides is 1. The summed E-state index contributed by atoms with van der Waals surface area (Å²) in [6.07, 6.45) is 3.31. The number of rotatable bonds is 11. The third kappa shape index (κ3) is 4.90. The van der Waals surface area contributed by atoms with E-state index < -0.39 is 29.6 Å². The molecule has 222 valence electrons. The zero-order chi connectivity index (χ0) is 30.2. The van der Waals surface area contributed by atoms with Gasteiger partial charge >= 0.3 is 0 Å². The number of carbonyl (C=O) groups excluding carboxylic acids is 3. The quantitative estimate of drug-likeness (QED) is 0.284. The van der Waals surface area contributed by atoms with Crippen LogP contribution in [0, 0.1) is 18.8 Å². The predicted molar refractivity (Wildman–Crippen MR) is 167 cm³/mol. The Labute approximate surface area is 259 Å². The summed E-state index contributed by atoms with van der Waals surface area (Å²) in [5.41, 5.74) is 0.777. The fraction of sp³-hybridized carbons (Fsp3) is 0.406. The summed E-state index contributed by atoms with van der Waals surface area (Å²) in [7, 11) is 0. The Morgan fingerprint density at radius 1 is 1.12 bits per heavy atom. The molecule has 3 aliphatic rings. The van der Waals surface area contributed by atoms with E-state index in [9.17, 15) is 19.5 Å². The Morgan fingerprint density at radius 3 is 2.45 bits per heavy atom. The normalized spacial score (nSPS) is 27.6. The monoisotopic (exact) mass is 655 g/mol. The van der Waals surface area contributed by atoms with Crippen molar-refractivity contribution in [2.24, 2.45) is 11.8 Å². The zero-order valence-corrected chi connectivity index (χ0v) is 25.8. The molecule has 3 aliphatic heterocycles. The Kier molecular flexibility index (Phi) is 8.94. The first-order chi connectivity index (χ1) is 20.2. The van der Waals surface area contributed by atoms with Crippen molar-refractivity contribution in [1.29, 1.82) is 0 Å². The Bertz CT molecular complexity index is 1370. The predicted octanol–water partition coefficient (Wildman–Crippen LogP) is 4.52. The molecule has 10 heteroatoms. The van der Waals surface area contributed by atoms with E-state index in [2.05, 4.69) is 29.1 Å². The number of aliphatic hydroxyl groups excluding tert-OH is 1. The molecule has 2 aromatic rings. The largest absolute Gasteiger partial charge is 0.396 e. The lowest BCUT2D eigenvalue weighted by Gasteiger charge is -2.38. The van der Waals surface area contributed by atoms with Crippen LogP contribution in [0.15, 0.2) is 73.8 Å². The van der Waals surface area contributed by atoms with Gasteiger partial charge in [-0.1, -0.05) is 70.0 Å². The van der Waals surface area contributed by atoms with Crippen molar-refractivity contribution in [3.63, 3.8) is 0 Å². The van der Waals surface area contributed by atoms with E-state index in [0.717, 1.165) is 5.56 Å². The van der Waals surface area contributed by atoms with Gasteiger partial charge < -0.3 is 24.5 Å². The van der Waals surface area contributed by atoms with Crippen LogP contribution in [0.4, 0.5) is 11.4 Å². The summed E-state index contributed by atoms with van der Waals surface area (Å²) in [6.45, 7) is 9.96. The topological polar surface area (TPSA) is 90.4 Å². The van der Waals surface area contributed by atoms with Crippen molar-refractivity contribution in [2.45, 2.75) is 42.3 Å². The van der Waals surface area contributed by atoms with Gasteiger partial charge in [-0.15, -0.1) is 13.2 Å². The summed E-state index contributed by atoms with van der Waals surface area (Å²) in [5, 5.41) is 10.1. The number of ether oxygens (including phenoxy) is 1. The van der Waals surface area contributed by atoms with Gasteiger partial charge in [0.05, 0.1) is 28.6 Å². The number of halogens is 2. The van der Waals surface area contributed by atoms with Gasteiger partial charge in [0.1, 0.15) is 11.6 Å². The highest BCUT2D eigenvalue weighted by Crippen LogP contribution is 2.60. The van der Waals surface area contributed by atoms with Gasteiger partial charge in [-0.05, 0) is 43.5 Å². The number of nitrogens with zero attached hydrogens (tertiary/aromatic N) is 3. The van der Waals surface area contributed by atoms with Gasteiger partial charge in [-0.3, -0.25) is 14.4 Å². The first-order valence-electron chi connectivity index (χ1n) is 14.1. The van der Waals surface area contributed by atoms with E-state index >= 15 is 0 Å². The van der Waals surface area contributed by atoms with Crippen LogP contribution in [0.5, 0.6) is 0 Å². The molecule has 6 atom stereocenters.